The number of halogens is 1. The van der Waals surface area contributed by atoms with E-state index < -0.39 is 5.97 Å². The van der Waals surface area contributed by atoms with Gasteiger partial charge in [0, 0.05) is 17.0 Å². The summed E-state index contributed by atoms with van der Waals surface area (Å²) in [4.78, 5) is 15.0. The second-order valence-electron chi connectivity index (χ2n) is 3.88. The Morgan fingerprint density at radius 2 is 2.05 bits per heavy atom. The summed E-state index contributed by atoms with van der Waals surface area (Å²) in [6.07, 6.45) is -0.100. The molecule has 0 fully saturated rings. The Hall–Kier alpha value is -1.79. The van der Waals surface area contributed by atoms with Gasteiger partial charge in [-0.25, -0.2) is 4.98 Å². The molecule has 5 nitrogen and oxygen atoms in total. The van der Waals surface area contributed by atoms with E-state index in [1.807, 2.05) is 0 Å². The summed E-state index contributed by atoms with van der Waals surface area (Å²) in [5.74, 6) is 0.164. The number of rotatable bonds is 5. The molecule has 2 aromatic rings. The highest BCUT2D eigenvalue weighted by atomic mass is 35.5. The lowest BCUT2D eigenvalue weighted by Gasteiger charge is -2.10. The van der Waals surface area contributed by atoms with Crippen LogP contribution in [0.25, 0.3) is 11.3 Å². The molecule has 7 heteroatoms. The highest BCUT2D eigenvalue weighted by Crippen LogP contribution is 2.38. The van der Waals surface area contributed by atoms with E-state index in [1.165, 1.54) is 25.6 Å². The Labute approximate surface area is 124 Å². The van der Waals surface area contributed by atoms with Gasteiger partial charge in [-0.3, -0.25) is 4.79 Å². The number of carboxylic acid groups (broad SMARTS) is 1. The van der Waals surface area contributed by atoms with Crippen LogP contribution >= 0.6 is 22.9 Å². The average molecular weight is 314 g/mol. The van der Waals surface area contributed by atoms with E-state index in [0.717, 1.165) is 0 Å². The molecule has 1 aromatic heterocycles. The third-order valence-electron chi connectivity index (χ3n) is 2.60. The second kappa shape index (κ2) is 6.11. The van der Waals surface area contributed by atoms with E-state index in [-0.39, 0.29) is 6.42 Å². The van der Waals surface area contributed by atoms with Crippen molar-refractivity contribution in [2.45, 2.75) is 6.42 Å². The molecule has 0 amide bonds. The number of nitrogens with zero attached hydrogens (tertiary/aromatic N) is 1. The molecule has 106 valence electrons. The largest absolute Gasteiger partial charge is 0.496 e. The lowest BCUT2D eigenvalue weighted by Crippen LogP contribution is -1.99. The van der Waals surface area contributed by atoms with Gasteiger partial charge in [-0.1, -0.05) is 11.6 Å². The summed E-state index contributed by atoms with van der Waals surface area (Å²) in [5.41, 5.74) is 1.33. The minimum atomic E-state index is -0.911. The molecule has 0 unspecified atom stereocenters. The van der Waals surface area contributed by atoms with E-state index in [9.17, 15) is 4.79 Å². The van der Waals surface area contributed by atoms with Crippen molar-refractivity contribution in [3.63, 3.8) is 0 Å². The third-order valence-corrected chi connectivity index (χ3v) is 3.75. The van der Waals surface area contributed by atoms with Crippen LogP contribution in [0, 0.1) is 0 Å². The zero-order chi connectivity index (χ0) is 14.7. The number of aromatic nitrogens is 1. The van der Waals surface area contributed by atoms with Crippen LogP contribution in [0.15, 0.2) is 17.5 Å². The first-order chi connectivity index (χ1) is 9.55. The van der Waals surface area contributed by atoms with Crippen LogP contribution in [-0.2, 0) is 11.2 Å². The maximum absolute atomic E-state index is 10.7. The molecule has 0 saturated carbocycles. The van der Waals surface area contributed by atoms with Crippen LogP contribution in [-0.4, -0.2) is 30.3 Å². The number of hydrogen-bond acceptors (Lipinski definition) is 5. The molecule has 1 N–H and O–H groups in total. The third kappa shape index (κ3) is 3.02. The van der Waals surface area contributed by atoms with E-state index in [1.54, 1.807) is 17.5 Å². The Morgan fingerprint density at radius 3 is 2.65 bits per heavy atom. The quantitative estimate of drug-likeness (QED) is 0.918. The smallest absolute Gasteiger partial charge is 0.310 e. The summed E-state index contributed by atoms with van der Waals surface area (Å²) in [7, 11) is 3.06. The average Bonchev–Trinajstić information content (AvgIpc) is 2.85. The number of carbonyl (C=O) groups is 1. The number of aliphatic carboxylic acids is 1. The molecule has 0 aliphatic rings. The van der Waals surface area contributed by atoms with Crippen molar-refractivity contribution in [3.05, 3.63) is 27.5 Å². The van der Waals surface area contributed by atoms with Crippen LogP contribution < -0.4 is 9.47 Å². The van der Waals surface area contributed by atoms with Crippen molar-refractivity contribution < 1.29 is 19.4 Å². The minimum absolute atomic E-state index is 0.100. The number of hydrogen-bond donors (Lipinski definition) is 1. The van der Waals surface area contributed by atoms with Crippen molar-refractivity contribution in [3.8, 4) is 22.8 Å². The van der Waals surface area contributed by atoms with Crippen LogP contribution in [0.1, 0.15) is 5.01 Å². The fourth-order valence-electron chi connectivity index (χ4n) is 1.71. The summed E-state index contributed by atoms with van der Waals surface area (Å²) < 4.78 is 10.4. The topological polar surface area (TPSA) is 68.7 Å². The highest BCUT2D eigenvalue weighted by Gasteiger charge is 2.15. The van der Waals surface area contributed by atoms with Crippen LogP contribution in [0.3, 0.4) is 0 Å². The zero-order valence-corrected chi connectivity index (χ0v) is 12.4. The van der Waals surface area contributed by atoms with E-state index in [0.29, 0.717) is 32.8 Å². The fraction of sp³-hybridized carbons (Fsp3) is 0.231. The Balaban J connectivity index is 2.43. The van der Waals surface area contributed by atoms with Crippen LogP contribution in [0.4, 0.5) is 0 Å². The van der Waals surface area contributed by atoms with E-state index in [2.05, 4.69) is 4.98 Å². The standard InChI is InChI=1S/C13H12ClNO4S/c1-18-10-4-11(19-2)8(14)3-7(10)9-6-20-12(15-9)5-13(16)17/h3-4,6H,5H2,1-2H3,(H,16,17). The number of ether oxygens (including phenoxy) is 2. The van der Waals surface area contributed by atoms with Gasteiger partial charge in [0.1, 0.15) is 16.5 Å². The molecule has 0 radical (unpaired) electrons. The second-order valence-corrected chi connectivity index (χ2v) is 5.23. The number of carboxylic acids is 1. The fourth-order valence-corrected chi connectivity index (χ4v) is 2.73. The zero-order valence-electron chi connectivity index (χ0n) is 10.8. The molecular formula is C13H12ClNO4S. The Morgan fingerprint density at radius 1 is 1.35 bits per heavy atom. The first-order valence-electron chi connectivity index (χ1n) is 5.63. The molecule has 2 rings (SSSR count). The number of benzene rings is 1. The molecule has 20 heavy (non-hydrogen) atoms. The van der Waals surface area contributed by atoms with Crippen LogP contribution in [0.5, 0.6) is 11.5 Å². The molecule has 0 aliphatic heterocycles. The van der Waals surface area contributed by atoms with Gasteiger partial charge in [0.15, 0.2) is 0 Å². The molecule has 0 spiro atoms. The Bertz CT molecular complexity index is 641. The van der Waals surface area contributed by atoms with Crippen molar-refractivity contribution in [2.75, 3.05) is 14.2 Å². The minimum Gasteiger partial charge on any atom is -0.496 e. The van der Waals surface area contributed by atoms with Crippen LogP contribution in [0.2, 0.25) is 5.02 Å². The molecule has 1 aromatic carbocycles. The number of methoxy groups -OCH3 is 2. The molecule has 0 aliphatic carbocycles. The normalized spacial score (nSPS) is 10.3. The van der Waals surface area contributed by atoms with E-state index in [4.69, 9.17) is 26.2 Å². The highest BCUT2D eigenvalue weighted by molar-refractivity contribution is 7.10. The molecule has 1 heterocycles. The van der Waals surface area contributed by atoms with Gasteiger partial charge in [0.2, 0.25) is 0 Å². The van der Waals surface area contributed by atoms with E-state index >= 15 is 0 Å². The maximum atomic E-state index is 10.7. The summed E-state index contributed by atoms with van der Waals surface area (Å²) in [6, 6.07) is 3.37. The van der Waals surface area contributed by atoms with Gasteiger partial charge >= 0.3 is 5.97 Å². The summed E-state index contributed by atoms with van der Waals surface area (Å²) in [6.45, 7) is 0. The molecule has 0 atom stereocenters. The lowest BCUT2D eigenvalue weighted by molar-refractivity contribution is -0.136. The van der Waals surface area contributed by atoms with Gasteiger partial charge in [0.05, 0.1) is 31.4 Å². The van der Waals surface area contributed by atoms with Gasteiger partial charge in [0.25, 0.3) is 0 Å². The van der Waals surface area contributed by atoms with Crippen molar-refractivity contribution >= 4 is 28.9 Å². The van der Waals surface area contributed by atoms with Crippen molar-refractivity contribution in [2.24, 2.45) is 0 Å². The Kier molecular flexibility index (Phi) is 4.46. The summed E-state index contributed by atoms with van der Waals surface area (Å²) >= 11 is 7.39. The molecular weight excluding hydrogens is 302 g/mol. The van der Waals surface area contributed by atoms with Gasteiger partial charge in [-0.2, -0.15) is 0 Å². The molecule has 0 saturated heterocycles. The predicted octanol–water partition coefficient (Wildman–Crippen LogP) is 3.11. The van der Waals surface area contributed by atoms with Gasteiger partial charge in [-0.05, 0) is 6.07 Å². The summed E-state index contributed by atoms with van der Waals surface area (Å²) in [5, 5.41) is 11.5. The first-order valence-corrected chi connectivity index (χ1v) is 6.89. The van der Waals surface area contributed by atoms with Crippen molar-refractivity contribution in [1.29, 1.82) is 0 Å². The first kappa shape index (κ1) is 14.6. The SMILES string of the molecule is COc1cc(OC)c(-c2csc(CC(=O)O)n2)cc1Cl. The maximum Gasteiger partial charge on any atom is 0.310 e. The predicted molar refractivity (Wildman–Crippen MR) is 77.0 cm³/mol. The lowest BCUT2D eigenvalue weighted by atomic mass is 10.1. The number of thiazole rings is 1. The van der Waals surface area contributed by atoms with Gasteiger partial charge in [-0.15, -0.1) is 11.3 Å². The monoisotopic (exact) mass is 313 g/mol. The molecule has 0 bridgehead atoms. The van der Waals surface area contributed by atoms with Gasteiger partial charge < -0.3 is 14.6 Å². The van der Waals surface area contributed by atoms with Crippen molar-refractivity contribution in [1.82, 2.24) is 4.98 Å².